The van der Waals surface area contributed by atoms with Gasteiger partial charge in [-0.1, -0.05) is 12.1 Å². The SMILES string of the molecule is NC(=O)c1cc2cnc(-c3cccc(C(F)(F)F)c3)cc2s1. The standard InChI is InChI=1S/C15H9F3N2OS/c16-15(17,18)10-3-1-2-8(4-10)11-6-12-9(7-20-11)5-13(22-12)14(19)21/h1-7H,(H2,19,21). The van der Waals surface area contributed by atoms with E-state index in [0.29, 0.717) is 16.1 Å². The van der Waals surface area contributed by atoms with Gasteiger partial charge in [0.15, 0.2) is 0 Å². The molecule has 1 amide bonds. The zero-order valence-electron chi connectivity index (χ0n) is 11.0. The predicted molar refractivity (Wildman–Crippen MR) is 78.6 cm³/mol. The van der Waals surface area contributed by atoms with Gasteiger partial charge in [0, 0.05) is 21.8 Å². The number of amides is 1. The Hall–Kier alpha value is -2.41. The fourth-order valence-electron chi connectivity index (χ4n) is 2.07. The molecule has 0 saturated carbocycles. The first-order valence-electron chi connectivity index (χ1n) is 6.21. The van der Waals surface area contributed by atoms with Crippen LogP contribution in [0.3, 0.4) is 0 Å². The van der Waals surface area contributed by atoms with Gasteiger partial charge < -0.3 is 5.73 Å². The highest BCUT2D eigenvalue weighted by Gasteiger charge is 2.30. The molecule has 0 aliphatic heterocycles. The van der Waals surface area contributed by atoms with E-state index in [1.54, 1.807) is 18.2 Å². The lowest BCUT2D eigenvalue weighted by Gasteiger charge is -2.08. The molecule has 112 valence electrons. The molecule has 3 nitrogen and oxygen atoms in total. The summed E-state index contributed by atoms with van der Waals surface area (Å²) in [6, 6.07) is 8.24. The number of nitrogens with zero attached hydrogens (tertiary/aromatic N) is 1. The molecule has 22 heavy (non-hydrogen) atoms. The minimum Gasteiger partial charge on any atom is -0.365 e. The largest absolute Gasteiger partial charge is 0.416 e. The molecule has 2 N–H and O–H groups in total. The number of rotatable bonds is 2. The van der Waals surface area contributed by atoms with E-state index < -0.39 is 17.6 Å². The Morgan fingerprint density at radius 3 is 2.64 bits per heavy atom. The summed E-state index contributed by atoms with van der Waals surface area (Å²) in [5.74, 6) is -0.540. The Labute approximate surface area is 127 Å². The third-order valence-corrected chi connectivity index (χ3v) is 4.24. The van der Waals surface area contributed by atoms with Gasteiger partial charge in [0.2, 0.25) is 0 Å². The minimum atomic E-state index is -4.40. The molecular weight excluding hydrogens is 313 g/mol. The van der Waals surface area contributed by atoms with E-state index in [9.17, 15) is 18.0 Å². The number of hydrogen-bond donors (Lipinski definition) is 1. The third kappa shape index (κ3) is 2.67. The van der Waals surface area contributed by atoms with Crippen molar-refractivity contribution in [2.75, 3.05) is 0 Å². The summed E-state index contributed by atoms with van der Waals surface area (Å²) < 4.78 is 39.0. The van der Waals surface area contributed by atoms with E-state index in [1.165, 1.54) is 23.6 Å². The summed E-state index contributed by atoms with van der Waals surface area (Å²) in [6.45, 7) is 0. The third-order valence-electron chi connectivity index (χ3n) is 3.13. The van der Waals surface area contributed by atoms with Crippen molar-refractivity contribution in [2.45, 2.75) is 6.18 Å². The van der Waals surface area contributed by atoms with Crippen LogP contribution in [0.15, 0.2) is 42.6 Å². The number of halogens is 3. The van der Waals surface area contributed by atoms with Gasteiger partial charge in [-0.05, 0) is 24.3 Å². The van der Waals surface area contributed by atoms with Crippen LogP contribution in [0.4, 0.5) is 13.2 Å². The van der Waals surface area contributed by atoms with E-state index in [4.69, 9.17) is 5.73 Å². The summed E-state index contributed by atoms with van der Waals surface area (Å²) >= 11 is 1.19. The Bertz CT molecular complexity index is 871. The molecule has 0 bridgehead atoms. The van der Waals surface area contributed by atoms with Crippen molar-refractivity contribution < 1.29 is 18.0 Å². The summed E-state index contributed by atoms with van der Waals surface area (Å²) in [5, 5.41) is 0.731. The minimum absolute atomic E-state index is 0.366. The maximum atomic E-state index is 12.8. The van der Waals surface area contributed by atoms with Gasteiger partial charge in [-0.3, -0.25) is 9.78 Å². The van der Waals surface area contributed by atoms with Crippen molar-refractivity contribution in [1.82, 2.24) is 4.98 Å². The molecule has 0 fully saturated rings. The number of carbonyl (C=O) groups excluding carboxylic acids is 1. The van der Waals surface area contributed by atoms with E-state index in [-0.39, 0.29) is 0 Å². The molecule has 0 unspecified atom stereocenters. The van der Waals surface area contributed by atoms with Crippen LogP contribution in [0.2, 0.25) is 0 Å². The van der Waals surface area contributed by atoms with Gasteiger partial charge in [-0.15, -0.1) is 11.3 Å². The average molecular weight is 322 g/mol. The number of pyridine rings is 1. The fourth-order valence-corrected chi connectivity index (χ4v) is 2.99. The monoisotopic (exact) mass is 322 g/mol. The lowest BCUT2D eigenvalue weighted by Crippen LogP contribution is -2.07. The quantitative estimate of drug-likeness (QED) is 0.773. The highest BCUT2D eigenvalue weighted by molar-refractivity contribution is 7.20. The summed E-state index contributed by atoms with van der Waals surface area (Å²) in [7, 11) is 0. The Morgan fingerprint density at radius 1 is 1.18 bits per heavy atom. The second-order valence-electron chi connectivity index (χ2n) is 4.66. The Balaban J connectivity index is 2.08. The number of carbonyl (C=O) groups is 1. The average Bonchev–Trinajstić information content (AvgIpc) is 2.89. The number of aromatic nitrogens is 1. The van der Waals surface area contributed by atoms with Gasteiger partial charge in [-0.25, -0.2) is 0 Å². The van der Waals surface area contributed by atoms with Gasteiger partial charge in [0.1, 0.15) is 0 Å². The van der Waals surface area contributed by atoms with Gasteiger partial charge >= 0.3 is 6.18 Å². The molecule has 2 heterocycles. The zero-order chi connectivity index (χ0) is 15.9. The fraction of sp³-hybridized carbons (Fsp3) is 0.0667. The van der Waals surface area contributed by atoms with E-state index in [1.807, 2.05) is 0 Å². The Kier molecular flexibility index (Phi) is 3.37. The molecule has 0 spiro atoms. The number of primary amides is 1. The molecule has 2 aromatic heterocycles. The van der Waals surface area contributed by atoms with Crippen molar-refractivity contribution in [3.8, 4) is 11.3 Å². The summed E-state index contributed by atoms with van der Waals surface area (Å²) in [6.07, 6.45) is -2.88. The predicted octanol–water partition coefficient (Wildman–Crippen LogP) is 4.08. The van der Waals surface area contributed by atoms with Crippen molar-refractivity contribution in [1.29, 1.82) is 0 Å². The molecule has 0 saturated heterocycles. The molecule has 3 rings (SSSR count). The molecule has 3 aromatic rings. The molecular formula is C15H9F3N2OS. The maximum absolute atomic E-state index is 12.8. The maximum Gasteiger partial charge on any atom is 0.416 e. The number of alkyl halides is 3. The van der Waals surface area contributed by atoms with Crippen LogP contribution < -0.4 is 5.73 Å². The Morgan fingerprint density at radius 2 is 1.95 bits per heavy atom. The zero-order valence-corrected chi connectivity index (χ0v) is 11.8. The molecule has 0 radical (unpaired) electrons. The van der Waals surface area contributed by atoms with Crippen molar-refractivity contribution >= 4 is 27.3 Å². The van der Waals surface area contributed by atoms with E-state index in [0.717, 1.165) is 22.2 Å². The highest BCUT2D eigenvalue weighted by Crippen LogP contribution is 2.33. The summed E-state index contributed by atoms with van der Waals surface area (Å²) in [4.78, 5) is 15.7. The number of thiophene rings is 1. The highest BCUT2D eigenvalue weighted by atomic mass is 32.1. The molecule has 1 aromatic carbocycles. The van der Waals surface area contributed by atoms with Crippen molar-refractivity contribution in [3.05, 3.63) is 53.0 Å². The first-order valence-corrected chi connectivity index (χ1v) is 7.03. The number of hydrogen-bond acceptors (Lipinski definition) is 3. The molecule has 7 heteroatoms. The second-order valence-corrected chi connectivity index (χ2v) is 5.74. The first-order chi connectivity index (χ1) is 10.3. The molecule has 0 aliphatic carbocycles. The van der Waals surface area contributed by atoms with Crippen LogP contribution in [-0.2, 0) is 6.18 Å². The van der Waals surface area contributed by atoms with Crippen LogP contribution in [-0.4, -0.2) is 10.9 Å². The van der Waals surface area contributed by atoms with Crippen LogP contribution in [0.25, 0.3) is 21.3 Å². The van der Waals surface area contributed by atoms with Crippen molar-refractivity contribution in [2.24, 2.45) is 5.73 Å². The van der Waals surface area contributed by atoms with Crippen LogP contribution in [0.5, 0.6) is 0 Å². The van der Waals surface area contributed by atoms with Gasteiger partial charge in [0.25, 0.3) is 5.91 Å². The molecule has 0 atom stereocenters. The number of fused-ring (bicyclic) bond motifs is 1. The smallest absolute Gasteiger partial charge is 0.365 e. The van der Waals surface area contributed by atoms with E-state index >= 15 is 0 Å². The number of nitrogens with two attached hydrogens (primary N) is 1. The van der Waals surface area contributed by atoms with Crippen LogP contribution in [0, 0.1) is 0 Å². The second kappa shape index (κ2) is 5.10. The van der Waals surface area contributed by atoms with E-state index in [2.05, 4.69) is 4.98 Å². The lowest BCUT2D eigenvalue weighted by atomic mass is 10.1. The van der Waals surface area contributed by atoms with Gasteiger partial charge in [0.05, 0.1) is 16.1 Å². The van der Waals surface area contributed by atoms with Crippen LogP contribution >= 0.6 is 11.3 Å². The topological polar surface area (TPSA) is 56.0 Å². The lowest BCUT2D eigenvalue weighted by molar-refractivity contribution is -0.137. The van der Waals surface area contributed by atoms with Gasteiger partial charge in [-0.2, -0.15) is 13.2 Å². The molecule has 0 aliphatic rings. The first kappa shape index (κ1) is 14.5. The normalized spacial score (nSPS) is 11.8. The van der Waals surface area contributed by atoms with Crippen LogP contribution in [0.1, 0.15) is 15.2 Å². The number of benzene rings is 1. The van der Waals surface area contributed by atoms with Crippen molar-refractivity contribution in [3.63, 3.8) is 0 Å². The summed E-state index contributed by atoms with van der Waals surface area (Å²) in [5.41, 5.74) is 5.27.